The van der Waals surface area contributed by atoms with Crippen LogP contribution in [0.25, 0.3) is 0 Å². The topological polar surface area (TPSA) is 61.2 Å². The fraction of sp³-hybridized carbons (Fsp3) is 0.684. The molecule has 0 aromatic carbocycles. The molecule has 2 aliphatic rings. The minimum absolute atomic E-state index is 0.175. The summed E-state index contributed by atoms with van der Waals surface area (Å²) in [5, 5.41) is 13.0. The molecule has 1 aromatic rings. The zero-order chi connectivity index (χ0) is 17.0. The summed E-state index contributed by atoms with van der Waals surface area (Å²) >= 11 is 0. The van der Waals surface area contributed by atoms with Crippen LogP contribution >= 0.6 is 0 Å². The second kappa shape index (κ2) is 7.50. The number of aromatic nitrogens is 1. The van der Waals surface area contributed by atoms with Crippen LogP contribution in [0.1, 0.15) is 48.9 Å². The van der Waals surface area contributed by atoms with Gasteiger partial charge in [0, 0.05) is 30.9 Å². The molecular weight excluding hydrogens is 300 g/mol. The standard InChI is InChI=1S/C19H28N4O/c1-15-12-16(2)22-18(17(15)13-20)21-14-19(6-4-3-5-7-19)23-8-10-24-11-9-23/h12H,3-11,14H2,1-2H3,(H,21,22). The fourth-order valence-corrected chi connectivity index (χ4v) is 4.21. The molecule has 1 aliphatic heterocycles. The van der Waals surface area contributed by atoms with E-state index in [1.165, 1.54) is 32.1 Å². The van der Waals surface area contributed by atoms with Crippen molar-refractivity contribution in [2.24, 2.45) is 0 Å². The lowest BCUT2D eigenvalue weighted by Gasteiger charge is -2.48. The van der Waals surface area contributed by atoms with Crippen molar-refractivity contribution >= 4 is 5.82 Å². The summed E-state index contributed by atoms with van der Waals surface area (Å²) in [4.78, 5) is 7.20. The number of morpholine rings is 1. The van der Waals surface area contributed by atoms with Crippen molar-refractivity contribution in [3.8, 4) is 6.07 Å². The molecule has 1 N–H and O–H groups in total. The number of hydrogen-bond acceptors (Lipinski definition) is 5. The van der Waals surface area contributed by atoms with E-state index < -0.39 is 0 Å². The molecule has 0 spiro atoms. The first-order valence-electron chi connectivity index (χ1n) is 9.10. The Kier molecular flexibility index (Phi) is 5.37. The molecule has 0 radical (unpaired) electrons. The molecule has 130 valence electrons. The normalized spacial score (nSPS) is 21.2. The van der Waals surface area contributed by atoms with Gasteiger partial charge in [-0.15, -0.1) is 0 Å². The van der Waals surface area contributed by atoms with Gasteiger partial charge in [0.1, 0.15) is 11.9 Å². The maximum Gasteiger partial charge on any atom is 0.144 e. The van der Waals surface area contributed by atoms with Crippen LogP contribution in [0.5, 0.6) is 0 Å². The number of pyridine rings is 1. The van der Waals surface area contributed by atoms with Crippen LogP contribution in [-0.4, -0.2) is 48.3 Å². The second-order valence-electron chi connectivity index (χ2n) is 7.15. The molecule has 0 unspecified atom stereocenters. The van der Waals surface area contributed by atoms with Crippen molar-refractivity contribution in [3.05, 3.63) is 22.9 Å². The minimum Gasteiger partial charge on any atom is -0.379 e. The molecule has 1 aromatic heterocycles. The highest BCUT2D eigenvalue weighted by Crippen LogP contribution is 2.35. The Hall–Kier alpha value is -1.64. The van der Waals surface area contributed by atoms with Gasteiger partial charge in [-0.05, 0) is 38.3 Å². The van der Waals surface area contributed by atoms with Crippen LogP contribution in [0.2, 0.25) is 0 Å². The molecular formula is C19H28N4O. The largest absolute Gasteiger partial charge is 0.379 e. The summed E-state index contributed by atoms with van der Waals surface area (Å²) in [6, 6.07) is 4.29. The summed E-state index contributed by atoms with van der Waals surface area (Å²) in [6.07, 6.45) is 6.32. The van der Waals surface area contributed by atoms with E-state index in [1.54, 1.807) is 0 Å². The minimum atomic E-state index is 0.175. The molecule has 0 amide bonds. The van der Waals surface area contributed by atoms with Crippen molar-refractivity contribution in [1.82, 2.24) is 9.88 Å². The third-order valence-corrected chi connectivity index (χ3v) is 5.51. The van der Waals surface area contributed by atoms with Crippen molar-refractivity contribution < 1.29 is 4.74 Å². The number of nitriles is 1. The lowest BCUT2D eigenvalue weighted by atomic mass is 9.79. The molecule has 1 saturated carbocycles. The Labute approximate surface area is 145 Å². The number of rotatable bonds is 4. The molecule has 0 bridgehead atoms. The zero-order valence-electron chi connectivity index (χ0n) is 14.9. The average molecular weight is 328 g/mol. The van der Waals surface area contributed by atoms with Crippen molar-refractivity contribution in [2.75, 3.05) is 38.2 Å². The van der Waals surface area contributed by atoms with E-state index in [2.05, 4.69) is 21.3 Å². The molecule has 2 fully saturated rings. The number of nitrogens with zero attached hydrogens (tertiary/aromatic N) is 3. The van der Waals surface area contributed by atoms with Gasteiger partial charge in [-0.3, -0.25) is 4.90 Å². The van der Waals surface area contributed by atoms with Crippen LogP contribution in [0.4, 0.5) is 5.82 Å². The fourth-order valence-electron chi connectivity index (χ4n) is 4.21. The Morgan fingerprint density at radius 2 is 1.96 bits per heavy atom. The molecule has 1 aliphatic carbocycles. The predicted molar refractivity (Wildman–Crippen MR) is 95.1 cm³/mol. The quantitative estimate of drug-likeness (QED) is 0.920. The third-order valence-electron chi connectivity index (χ3n) is 5.51. The van der Waals surface area contributed by atoms with Gasteiger partial charge in [-0.25, -0.2) is 4.98 Å². The molecule has 5 heteroatoms. The summed E-state index contributed by atoms with van der Waals surface area (Å²) in [5.74, 6) is 0.744. The van der Waals surface area contributed by atoms with Crippen LogP contribution in [0.15, 0.2) is 6.07 Å². The number of hydrogen-bond donors (Lipinski definition) is 1. The van der Waals surface area contributed by atoms with E-state index in [4.69, 9.17) is 4.74 Å². The van der Waals surface area contributed by atoms with Crippen molar-refractivity contribution in [2.45, 2.75) is 51.5 Å². The Bertz CT molecular complexity index is 611. The second-order valence-corrected chi connectivity index (χ2v) is 7.15. The number of ether oxygens (including phenoxy) is 1. The van der Waals surface area contributed by atoms with E-state index in [1.807, 2.05) is 19.9 Å². The van der Waals surface area contributed by atoms with E-state index in [-0.39, 0.29) is 5.54 Å². The van der Waals surface area contributed by atoms with Gasteiger partial charge in [0.05, 0.1) is 18.8 Å². The Balaban J connectivity index is 1.80. The molecule has 3 rings (SSSR count). The highest BCUT2D eigenvalue weighted by atomic mass is 16.5. The molecule has 5 nitrogen and oxygen atoms in total. The highest BCUT2D eigenvalue weighted by molar-refractivity contribution is 5.56. The molecule has 24 heavy (non-hydrogen) atoms. The van der Waals surface area contributed by atoms with Gasteiger partial charge in [0.25, 0.3) is 0 Å². The van der Waals surface area contributed by atoms with Gasteiger partial charge in [-0.1, -0.05) is 19.3 Å². The molecule has 1 saturated heterocycles. The molecule has 2 heterocycles. The number of nitrogens with one attached hydrogen (secondary N) is 1. The first-order chi connectivity index (χ1) is 11.6. The van der Waals surface area contributed by atoms with Crippen molar-refractivity contribution in [3.63, 3.8) is 0 Å². The van der Waals surface area contributed by atoms with E-state index in [0.717, 1.165) is 49.9 Å². The van der Waals surface area contributed by atoms with Gasteiger partial charge in [0.15, 0.2) is 0 Å². The Morgan fingerprint density at radius 1 is 1.25 bits per heavy atom. The third kappa shape index (κ3) is 3.55. The van der Waals surface area contributed by atoms with E-state index >= 15 is 0 Å². The number of aryl methyl sites for hydroxylation is 2. The van der Waals surface area contributed by atoms with Gasteiger partial charge < -0.3 is 10.1 Å². The number of anilines is 1. The SMILES string of the molecule is Cc1cc(C)c(C#N)c(NCC2(N3CCOCC3)CCCCC2)n1. The van der Waals surface area contributed by atoms with Crippen LogP contribution in [0, 0.1) is 25.2 Å². The van der Waals surface area contributed by atoms with Crippen LogP contribution in [0.3, 0.4) is 0 Å². The maximum atomic E-state index is 9.48. The maximum absolute atomic E-state index is 9.48. The lowest BCUT2D eigenvalue weighted by molar-refractivity contribution is -0.0318. The first-order valence-corrected chi connectivity index (χ1v) is 9.10. The Morgan fingerprint density at radius 3 is 2.62 bits per heavy atom. The molecule has 0 atom stereocenters. The smallest absolute Gasteiger partial charge is 0.144 e. The summed E-state index contributed by atoms with van der Waals surface area (Å²) in [5.41, 5.74) is 2.80. The monoisotopic (exact) mass is 328 g/mol. The highest BCUT2D eigenvalue weighted by Gasteiger charge is 2.38. The zero-order valence-corrected chi connectivity index (χ0v) is 14.9. The first kappa shape index (κ1) is 17.2. The van der Waals surface area contributed by atoms with E-state index in [9.17, 15) is 5.26 Å². The van der Waals surface area contributed by atoms with E-state index in [0.29, 0.717) is 5.56 Å². The summed E-state index contributed by atoms with van der Waals surface area (Å²) < 4.78 is 5.55. The van der Waals surface area contributed by atoms with Crippen LogP contribution < -0.4 is 5.32 Å². The predicted octanol–water partition coefficient (Wildman–Crippen LogP) is 3.02. The van der Waals surface area contributed by atoms with Gasteiger partial charge in [0.2, 0.25) is 0 Å². The lowest BCUT2D eigenvalue weighted by Crippen LogP contribution is -2.58. The van der Waals surface area contributed by atoms with Crippen LogP contribution in [-0.2, 0) is 4.74 Å². The van der Waals surface area contributed by atoms with Crippen molar-refractivity contribution in [1.29, 1.82) is 5.26 Å². The van der Waals surface area contributed by atoms with Gasteiger partial charge >= 0.3 is 0 Å². The average Bonchev–Trinajstić information content (AvgIpc) is 2.61. The summed E-state index contributed by atoms with van der Waals surface area (Å²) in [6.45, 7) is 8.49. The van der Waals surface area contributed by atoms with Gasteiger partial charge in [-0.2, -0.15) is 5.26 Å². The summed E-state index contributed by atoms with van der Waals surface area (Å²) in [7, 11) is 0.